The van der Waals surface area contributed by atoms with E-state index in [0.717, 1.165) is 5.56 Å². The molecule has 0 unspecified atom stereocenters. The fourth-order valence-corrected chi connectivity index (χ4v) is 5.25. The highest BCUT2D eigenvalue weighted by molar-refractivity contribution is 7.91. The Morgan fingerprint density at radius 2 is 2.10 bits per heavy atom. The minimum atomic E-state index is -3.28. The molecule has 2 aliphatic rings. The highest BCUT2D eigenvalue weighted by Gasteiger charge is 2.68. The van der Waals surface area contributed by atoms with Crippen LogP contribution in [0.25, 0.3) is 0 Å². The molecule has 1 heterocycles. The number of rotatable bonds is 4. The van der Waals surface area contributed by atoms with Crippen LogP contribution in [0.3, 0.4) is 0 Å². The Labute approximate surface area is 117 Å². The lowest BCUT2D eigenvalue weighted by molar-refractivity contribution is 0.174. The quantitative estimate of drug-likeness (QED) is 0.803. The van der Waals surface area contributed by atoms with Gasteiger partial charge in [-0.05, 0) is 17.7 Å². The first-order chi connectivity index (χ1) is 9.44. The lowest BCUT2D eigenvalue weighted by atomic mass is 10.00. The van der Waals surface area contributed by atoms with Gasteiger partial charge in [-0.1, -0.05) is 6.07 Å². The molecule has 3 atom stereocenters. The van der Waals surface area contributed by atoms with E-state index in [-0.39, 0.29) is 25.9 Å². The minimum Gasteiger partial charge on any atom is -0.454 e. The average molecular weight is 299 g/mol. The second-order valence-electron chi connectivity index (χ2n) is 5.44. The summed E-state index contributed by atoms with van der Waals surface area (Å²) in [5.74, 6) is 0.945. The number of fused-ring (bicyclic) bond motifs is 1. The van der Waals surface area contributed by atoms with Crippen molar-refractivity contribution in [3.63, 3.8) is 0 Å². The van der Waals surface area contributed by atoms with Crippen molar-refractivity contribution in [3.8, 4) is 11.5 Å². The van der Waals surface area contributed by atoms with Gasteiger partial charge in [0.15, 0.2) is 21.3 Å². The van der Waals surface area contributed by atoms with Crippen molar-refractivity contribution in [1.82, 2.24) is 0 Å². The predicted octanol–water partition coefficient (Wildman–Crippen LogP) is -0.137. The highest BCUT2D eigenvalue weighted by atomic mass is 32.2. The number of ether oxygens (including phenoxy) is 2. The zero-order chi connectivity index (χ0) is 14.5. The van der Waals surface area contributed by atoms with Crippen molar-refractivity contribution < 1.29 is 23.0 Å². The van der Waals surface area contributed by atoms with E-state index in [0.29, 0.717) is 11.5 Å². The van der Waals surface area contributed by atoms with E-state index in [1.807, 2.05) is 6.07 Å². The third-order valence-corrected chi connectivity index (χ3v) is 5.94. The molecule has 1 aliphatic carbocycles. The third kappa shape index (κ3) is 1.81. The van der Waals surface area contributed by atoms with Gasteiger partial charge in [0.1, 0.15) is 0 Å². The van der Waals surface area contributed by atoms with Gasteiger partial charge in [-0.3, -0.25) is 0 Å². The predicted molar refractivity (Wildman–Crippen MR) is 72.5 cm³/mol. The Hall–Kier alpha value is -1.31. The lowest BCUT2D eigenvalue weighted by Crippen LogP contribution is -2.27. The fourth-order valence-electron chi connectivity index (χ4n) is 3.24. The number of hydrogen-bond donors (Lipinski definition) is 2. The molecule has 1 aromatic rings. The van der Waals surface area contributed by atoms with Crippen LogP contribution >= 0.6 is 0 Å². The van der Waals surface area contributed by atoms with E-state index in [2.05, 4.69) is 0 Å². The Kier molecular flexibility index (Phi) is 2.97. The summed E-state index contributed by atoms with van der Waals surface area (Å²) in [4.78, 5) is 0. The van der Waals surface area contributed by atoms with E-state index < -0.39 is 20.5 Å². The van der Waals surface area contributed by atoms with Crippen LogP contribution in [0.2, 0.25) is 0 Å². The molecule has 1 fully saturated rings. The monoisotopic (exact) mass is 299 g/mol. The molecule has 0 saturated heterocycles. The van der Waals surface area contributed by atoms with Crippen molar-refractivity contribution in [2.24, 2.45) is 11.1 Å². The van der Waals surface area contributed by atoms with Gasteiger partial charge in [0.25, 0.3) is 0 Å². The van der Waals surface area contributed by atoms with E-state index in [1.54, 1.807) is 12.1 Å². The number of aliphatic hydroxyl groups excluding tert-OH is 1. The maximum Gasteiger partial charge on any atom is 0.231 e. The van der Waals surface area contributed by atoms with Gasteiger partial charge in [0.2, 0.25) is 6.79 Å². The molecule has 0 radical (unpaired) electrons. The summed E-state index contributed by atoms with van der Waals surface area (Å²) in [6.07, 6.45) is 1.19. The zero-order valence-corrected chi connectivity index (χ0v) is 11.9. The molecular weight excluding hydrogens is 282 g/mol. The molecule has 0 amide bonds. The minimum absolute atomic E-state index is 0.125. The van der Waals surface area contributed by atoms with E-state index in [1.165, 1.54) is 6.26 Å². The summed E-state index contributed by atoms with van der Waals surface area (Å²) in [5, 5.41) is 8.97. The van der Waals surface area contributed by atoms with E-state index >= 15 is 0 Å². The first-order valence-corrected chi connectivity index (χ1v) is 8.29. The standard InChI is InChI=1S/C13H17NO5S/c1-20(16,17)12-11(13(12,5-14)6-15)8-2-3-9-10(4-8)19-7-18-9/h2-4,11-12,15H,5-7,14H2,1H3/t11-,12-,13-/m1/s1. The summed E-state index contributed by atoms with van der Waals surface area (Å²) < 4.78 is 34.4. The highest BCUT2D eigenvalue weighted by Crippen LogP contribution is 2.62. The molecule has 0 bridgehead atoms. The average Bonchev–Trinajstić information content (AvgIpc) is 2.89. The normalized spacial score (nSPS) is 31.4. The molecule has 0 spiro atoms. The van der Waals surface area contributed by atoms with Gasteiger partial charge < -0.3 is 20.3 Å². The summed E-state index contributed by atoms with van der Waals surface area (Å²) in [5.41, 5.74) is 5.75. The Morgan fingerprint density at radius 3 is 2.65 bits per heavy atom. The molecule has 1 aliphatic heterocycles. The van der Waals surface area contributed by atoms with Gasteiger partial charge in [-0.2, -0.15) is 0 Å². The first-order valence-electron chi connectivity index (χ1n) is 6.33. The van der Waals surface area contributed by atoms with Crippen LogP contribution in [0.4, 0.5) is 0 Å². The largest absolute Gasteiger partial charge is 0.454 e. The Bertz CT molecular complexity index is 638. The summed E-state index contributed by atoms with van der Waals surface area (Å²) in [6.45, 7) is 0.0433. The topological polar surface area (TPSA) is 98.9 Å². The van der Waals surface area contributed by atoms with Gasteiger partial charge >= 0.3 is 0 Å². The second kappa shape index (κ2) is 4.34. The van der Waals surface area contributed by atoms with Crippen LogP contribution in [0, 0.1) is 5.41 Å². The Morgan fingerprint density at radius 1 is 1.40 bits per heavy atom. The number of benzene rings is 1. The van der Waals surface area contributed by atoms with Crippen molar-refractivity contribution in [1.29, 1.82) is 0 Å². The lowest BCUT2D eigenvalue weighted by Gasteiger charge is -2.11. The molecule has 7 heteroatoms. The van der Waals surface area contributed by atoms with E-state index in [9.17, 15) is 13.5 Å². The van der Waals surface area contributed by atoms with Crippen LogP contribution in [0.5, 0.6) is 11.5 Å². The smallest absolute Gasteiger partial charge is 0.231 e. The van der Waals surface area contributed by atoms with Crippen LogP contribution in [-0.2, 0) is 9.84 Å². The van der Waals surface area contributed by atoms with Gasteiger partial charge in [-0.25, -0.2) is 8.42 Å². The zero-order valence-electron chi connectivity index (χ0n) is 11.1. The second-order valence-corrected chi connectivity index (χ2v) is 7.60. The van der Waals surface area contributed by atoms with Crippen LogP contribution in [0.1, 0.15) is 11.5 Å². The van der Waals surface area contributed by atoms with Gasteiger partial charge in [-0.15, -0.1) is 0 Å². The van der Waals surface area contributed by atoms with Gasteiger partial charge in [0.05, 0.1) is 11.9 Å². The van der Waals surface area contributed by atoms with Crippen molar-refractivity contribution in [2.75, 3.05) is 26.2 Å². The fraction of sp³-hybridized carbons (Fsp3) is 0.538. The van der Waals surface area contributed by atoms with Crippen molar-refractivity contribution >= 4 is 9.84 Å². The first kappa shape index (κ1) is 13.7. The Balaban J connectivity index is 2.01. The molecule has 20 heavy (non-hydrogen) atoms. The van der Waals surface area contributed by atoms with Crippen LogP contribution < -0.4 is 15.2 Å². The van der Waals surface area contributed by atoms with Crippen LogP contribution in [-0.4, -0.2) is 45.0 Å². The number of nitrogens with two attached hydrogens (primary N) is 1. The maximum absolute atomic E-state index is 11.9. The molecule has 1 saturated carbocycles. The van der Waals surface area contributed by atoms with E-state index in [4.69, 9.17) is 15.2 Å². The summed E-state index contributed by atoms with van der Waals surface area (Å²) in [6, 6.07) is 5.34. The van der Waals surface area contributed by atoms with Crippen LogP contribution in [0.15, 0.2) is 18.2 Å². The summed E-state index contributed by atoms with van der Waals surface area (Å²) >= 11 is 0. The van der Waals surface area contributed by atoms with Gasteiger partial charge in [0, 0.05) is 24.1 Å². The molecule has 6 nitrogen and oxygen atoms in total. The van der Waals surface area contributed by atoms with Crippen molar-refractivity contribution in [3.05, 3.63) is 23.8 Å². The number of hydrogen-bond acceptors (Lipinski definition) is 6. The number of aliphatic hydroxyl groups is 1. The maximum atomic E-state index is 11.9. The van der Waals surface area contributed by atoms with Crippen molar-refractivity contribution in [2.45, 2.75) is 11.2 Å². The number of sulfone groups is 1. The SMILES string of the molecule is CS(=O)(=O)[C@@H]1[C@@H](c2ccc3c(c2)OCO3)[C@@]1(CN)CO. The summed E-state index contributed by atoms with van der Waals surface area (Å²) in [7, 11) is -3.28. The molecule has 1 aromatic carbocycles. The molecule has 110 valence electrons. The molecule has 3 N–H and O–H groups in total. The molecule has 0 aromatic heterocycles. The third-order valence-electron chi connectivity index (χ3n) is 4.27. The molecule has 3 rings (SSSR count). The molecular formula is C13H17NO5S.